The van der Waals surface area contributed by atoms with E-state index in [1.807, 2.05) is 0 Å². The van der Waals surface area contributed by atoms with Gasteiger partial charge < -0.3 is 10.3 Å². The lowest BCUT2D eigenvalue weighted by molar-refractivity contribution is 0.654. The molecule has 0 radical (unpaired) electrons. The van der Waals surface area contributed by atoms with Gasteiger partial charge in [0.05, 0.1) is 0 Å². The van der Waals surface area contributed by atoms with Gasteiger partial charge in [-0.3, -0.25) is 0 Å². The molecule has 0 atom stereocenters. The molecule has 0 saturated heterocycles. The van der Waals surface area contributed by atoms with Crippen molar-refractivity contribution < 1.29 is 0 Å². The zero-order valence-corrected chi connectivity index (χ0v) is 4.37. The molecule has 0 aromatic rings. The minimum atomic E-state index is 0.479. The summed E-state index contributed by atoms with van der Waals surface area (Å²) < 4.78 is 0. The monoisotopic (exact) mass is 108 g/mol. The molecule has 2 heteroatoms. The molecule has 1 aliphatic rings. The van der Waals surface area contributed by atoms with E-state index in [4.69, 9.17) is 0 Å². The summed E-state index contributed by atoms with van der Waals surface area (Å²) in [4.78, 5) is 0. The van der Waals surface area contributed by atoms with Crippen LogP contribution in [0.25, 0.3) is 0 Å². The molecule has 0 fully saturated rings. The maximum Gasteiger partial charge on any atom is 0.0226 e. The summed E-state index contributed by atoms with van der Waals surface area (Å²) in [5.41, 5.74) is 0.479. The molecule has 0 unspecified atom stereocenters. The van der Waals surface area contributed by atoms with E-state index in [0.717, 1.165) is 5.06 Å². The molecule has 1 rings (SSSR count). The maximum atomic E-state index is 10.5. The van der Waals surface area contributed by atoms with Crippen molar-refractivity contribution in [2.24, 2.45) is 0 Å². The van der Waals surface area contributed by atoms with Gasteiger partial charge in [0.15, 0.2) is 0 Å². The third-order valence-electron chi connectivity index (χ3n) is 0.904. The van der Waals surface area contributed by atoms with Crippen LogP contribution >= 0.6 is 0 Å². The van der Waals surface area contributed by atoms with Crippen LogP contribution in [0.15, 0.2) is 36.7 Å². The fourth-order valence-electron chi connectivity index (χ4n) is 0.464. The molecule has 0 saturated carbocycles. The lowest BCUT2D eigenvalue weighted by Crippen LogP contribution is -2.05. The Morgan fingerprint density at radius 1 is 1.50 bits per heavy atom. The fraction of sp³-hybridized carbons (Fsp3) is 0. The first-order chi connectivity index (χ1) is 3.80. The smallest absolute Gasteiger partial charge is 0.0226 e. The second-order valence-electron chi connectivity index (χ2n) is 1.52. The highest BCUT2D eigenvalue weighted by atomic mass is 16.5. The van der Waals surface area contributed by atoms with Crippen LogP contribution in [0.2, 0.25) is 0 Å². The topological polar surface area (TPSA) is 26.3 Å². The van der Waals surface area contributed by atoms with Crippen LogP contribution in [0.3, 0.4) is 0 Å². The van der Waals surface area contributed by atoms with E-state index in [1.165, 1.54) is 6.20 Å². The molecule has 0 aromatic carbocycles. The number of allylic oxidation sites excluding steroid dienone is 3. The molecule has 1 heterocycles. The summed E-state index contributed by atoms with van der Waals surface area (Å²) in [5.74, 6) is 0. The molecular formula is C6H6NO-. The highest BCUT2D eigenvalue weighted by molar-refractivity contribution is 5.25. The molecule has 0 spiro atoms. The molecule has 8 heavy (non-hydrogen) atoms. The van der Waals surface area contributed by atoms with Crippen molar-refractivity contribution in [2.75, 3.05) is 0 Å². The van der Waals surface area contributed by atoms with Gasteiger partial charge in [-0.15, -0.1) is 0 Å². The molecule has 1 aliphatic heterocycles. The summed E-state index contributed by atoms with van der Waals surface area (Å²) in [6, 6.07) is 0. The zero-order valence-electron chi connectivity index (χ0n) is 4.37. The standard InChI is InChI=1S/C6H6NO/c1-6-4-2-3-5-7(6)8/h2-5H,1H2/q-1. The van der Waals surface area contributed by atoms with Crippen molar-refractivity contribution in [3.63, 3.8) is 0 Å². The third-order valence-corrected chi connectivity index (χ3v) is 0.904. The minimum absolute atomic E-state index is 0.479. The van der Waals surface area contributed by atoms with E-state index < -0.39 is 0 Å². The van der Waals surface area contributed by atoms with Gasteiger partial charge in [-0.05, 0) is 18.4 Å². The van der Waals surface area contributed by atoms with E-state index in [1.54, 1.807) is 18.2 Å². The molecule has 0 amide bonds. The highest BCUT2D eigenvalue weighted by Crippen LogP contribution is 2.06. The van der Waals surface area contributed by atoms with E-state index in [2.05, 4.69) is 6.58 Å². The van der Waals surface area contributed by atoms with Crippen LogP contribution in [0.5, 0.6) is 0 Å². The first-order valence-corrected chi connectivity index (χ1v) is 2.31. The van der Waals surface area contributed by atoms with Crippen LogP contribution in [0, 0.1) is 5.21 Å². The van der Waals surface area contributed by atoms with Crippen molar-refractivity contribution in [3.8, 4) is 0 Å². The lowest BCUT2D eigenvalue weighted by atomic mass is 10.3. The van der Waals surface area contributed by atoms with Crippen molar-refractivity contribution >= 4 is 0 Å². The van der Waals surface area contributed by atoms with Crippen LogP contribution in [0.1, 0.15) is 0 Å². The average molecular weight is 108 g/mol. The Morgan fingerprint density at radius 3 is 2.62 bits per heavy atom. The number of nitrogens with zero attached hydrogens (tertiary/aromatic N) is 1. The molecular weight excluding hydrogens is 102 g/mol. The Morgan fingerprint density at radius 2 is 2.25 bits per heavy atom. The van der Waals surface area contributed by atoms with E-state index in [0.29, 0.717) is 5.70 Å². The van der Waals surface area contributed by atoms with Crippen LogP contribution in [-0.4, -0.2) is 5.06 Å². The summed E-state index contributed by atoms with van der Waals surface area (Å²) in [7, 11) is 0. The van der Waals surface area contributed by atoms with Gasteiger partial charge in [0.2, 0.25) is 0 Å². The molecule has 0 aliphatic carbocycles. The van der Waals surface area contributed by atoms with Crippen LogP contribution < -0.4 is 0 Å². The third kappa shape index (κ3) is 0.792. The van der Waals surface area contributed by atoms with Gasteiger partial charge in [0, 0.05) is 5.70 Å². The molecule has 0 bridgehead atoms. The van der Waals surface area contributed by atoms with Gasteiger partial charge >= 0.3 is 0 Å². The largest absolute Gasteiger partial charge is 0.754 e. The number of hydrogen-bond acceptors (Lipinski definition) is 2. The number of hydroxylamine groups is 2. The van der Waals surface area contributed by atoms with Gasteiger partial charge in [-0.2, -0.15) is 0 Å². The first-order valence-electron chi connectivity index (χ1n) is 2.31. The average Bonchev–Trinajstić information content (AvgIpc) is 1.77. The van der Waals surface area contributed by atoms with Crippen molar-refractivity contribution in [1.82, 2.24) is 5.06 Å². The number of rotatable bonds is 0. The predicted molar refractivity (Wildman–Crippen MR) is 32.6 cm³/mol. The number of hydrogen-bond donors (Lipinski definition) is 0. The Kier molecular flexibility index (Phi) is 1.18. The summed E-state index contributed by atoms with van der Waals surface area (Å²) in [6.07, 6.45) is 6.52. The Labute approximate surface area is 48.0 Å². The predicted octanol–water partition coefficient (Wildman–Crippen LogP) is 1.38. The highest BCUT2D eigenvalue weighted by Gasteiger charge is 1.87. The van der Waals surface area contributed by atoms with Crippen molar-refractivity contribution in [1.29, 1.82) is 0 Å². The first kappa shape index (κ1) is 5.12. The van der Waals surface area contributed by atoms with Gasteiger partial charge in [0.1, 0.15) is 0 Å². The normalized spacial score (nSPS) is 17.6. The van der Waals surface area contributed by atoms with E-state index in [-0.39, 0.29) is 0 Å². The summed E-state index contributed by atoms with van der Waals surface area (Å²) in [6.45, 7) is 3.47. The van der Waals surface area contributed by atoms with Crippen molar-refractivity contribution in [3.05, 3.63) is 41.9 Å². The van der Waals surface area contributed by atoms with Gasteiger partial charge in [-0.25, -0.2) is 0 Å². The minimum Gasteiger partial charge on any atom is -0.754 e. The van der Waals surface area contributed by atoms with Crippen LogP contribution in [-0.2, 0) is 0 Å². The fourth-order valence-corrected chi connectivity index (χ4v) is 0.464. The second-order valence-corrected chi connectivity index (χ2v) is 1.52. The Balaban J connectivity index is 2.74. The Hall–Kier alpha value is -1.02. The van der Waals surface area contributed by atoms with E-state index in [9.17, 15) is 5.21 Å². The molecule has 42 valence electrons. The lowest BCUT2D eigenvalue weighted by Gasteiger charge is -2.27. The van der Waals surface area contributed by atoms with Gasteiger partial charge in [-0.1, -0.05) is 12.7 Å². The summed E-state index contributed by atoms with van der Waals surface area (Å²) >= 11 is 0. The molecule has 2 nitrogen and oxygen atoms in total. The van der Waals surface area contributed by atoms with E-state index >= 15 is 0 Å². The molecule has 0 aromatic heterocycles. The quantitative estimate of drug-likeness (QED) is 0.468. The van der Waals surface area contributed by atoms with Crippen molar-refractivity contribution in [2.45, 2.75) is 0 Å². The zero-order chi connectivity index (χ0) is 5.98. The summed E-state index contributed by atoms with van der Waals surface area (Å²) in [5, 5.41) is 11.2. The Bertz CT molecular complexity index is 158. The molecule has 0 N–H and O–H groups in total. The SMILES string of the molecule is C=C1C=CC=CN1[O-]. The second kappa shape index (κ2) is 1.84. The van der Waals surface area contributed by atoms with Crippen LogP contribution in [0.4, 0.5) is 0 Å². The maximum absolute atomic E-state index is 10.5. The van der Waals surface area contributed by atoms with Gasteiger partial charge in [0.25, 0.3) is 0 Å².